The van der Waals surface area contributed by atoms with E-state index < -0.39 is 21.8 Å². The molecule has 0 radical (unpaired) electrons. The molecule has 1 aliphatic heterocycles. The van der Waals surface area contributed by atoms with E-state index in [-0.39, 0.29) is 22.9 Å². The number of piperidine rings is 1. The number of benzene rings is 1. The van der Waals surface area contributed by atoms with Crippen molar-refractivity contribution in [3.63, 3.8) is 0 Å². The highest BCUT2D eigenvalue weighted by Crippen LogP contribution is 2.38. The molecule has 0 unspecified atom stereocenters. The number of likely N-dealkylation sites (tertiary alicyclic amines) is 1. The highest BCUT2D eigenvalue weighted by atomic mass is 32.2. The van der Waals surface area contributed by atoms with Gasteiger partial charge >= 0.3 is 6.18 Å². The first kappa shape index (κ1) is 21.8. The van der Waals surface area contributed by atoms with Gasteiger partial charge < -0.3 is 4.90 Å². The van der Waals surface area contributed by atoms with Crippen LogP contribution in [0.15, 0.2) is 53.7 Å². The molecule has 1 amide bonds. The monoisotopic (exact) mass is 453 g/mol. The maximum Gasteiger partial charge on any atom is 0.416 e. The second-order valence-corrected chi connectivity index (χ2v) is 9.70. The smallest absolute Gasteiger partial charge is 0.338 e. The summed E-state index contributed by atoms with van der Waals surface area (Å²) in [4.78, 5) is 17.9. The summed E-state index contributed by atoms with van der Waals surface area (Å²) in [7, 11) is -4.09. The molecule has 2 heterocycles. The Labute approximate surface area is 178 Å². The zero-order chi connectivity index (χ0) is 22.2. The predicted octanol–water partition coefficient (Wildman–Crippen LogP) is 3.56. The Morgan fingerprint density at radius 3 is 2.29 bits per heavy atom. The molecule has 0 atom stereocenters. The molecule has 6 nitrogen and oxygen atoms in total. The number of aromatic nitrogens is 1. The van der Waals surface area contributed by atoms with Gasteiger partial charge in [-0.3, -0.25) is 9.78 Å². The summed E-state index contributed by atoms with van der Waals surface area (Å²) < 4.78 is 67.3. The van der Waals surface area contributed by atoms with Gasteiger partial charge in [-0.25, -0.2) is 8.42 Å². The zero-order valence-electron chi connectivity index (χ0n) is 16.6. The van der Waals surface area contributed by atoms with Gasteiger partial charge in [-0.05, 0) is 56.0 Å². The fourth-order valence-corrected chi connectivity index (χ4v) is 5.95. The number of hydrogen-bond donors (Lipinski definition) is 0. The van der Waals surface area contributed by atoms with Crippen molar-refractivity contribution in [2.45, 2.75) is 48.8 Å². The minimum absolute atomic E-state index is 0.162. The molecule has 1 aliphatic carbocycles. The number of halogens is 3. The molecule has 1 saturated heterocycles. The Hall–Kier alpha value is -2.46. The standard InChI is InChI=1S/C21H22F3N3O3S/c22-21(23,24)16-4-1-5-19(13-16)31(29,30)27(17-6-7-17)18-8-11-26(12-9-18)20(28)15-3-2-10-25-14-15/h1-5,10,13-14,17-18H,6-9,11-12H2. The SMILES string of the molecule is O=C(c1cccnc1)N1CCC(N(C2CC2)S(=O)(=O)c2cccc(C(F)(F)F)c2)CC1. The number of pyridine rings is 1. The first-order chi connectivity index (χ1) is 14.7. The van der Waals surface area contributed by atoms with Gasteiger partial charge in [-0.2, -0.15) is 17.5 Å². The lowest BCUT2D eigenvalue weighted by atomic mass is 10.0. The van der Waals surface area contributed by atoms with Crippen molar-refractivity contribution in [2.75, 3.05) is 13.1 Å². The molecule has 31 heavy (non-hydrogen) atoms. The van der Waals surface area contributed by atoms with Gasteiger partial charge in [0.15, 0.2) is 0 Å². The molecule has 166 valence electrons. The lowest BCUT2D eigenvalue weighted by molar-refractivity contribution is -0.137. The fourth-order valence-electron chi connectivity index (χ4n) is 3.97. The van der Waals surface area contributed by atoms with Crippen LogP contribution in [0.2, 0.25) is 0 Å². The van der Waals surface area contributed by atoms with Gasteiger partial charge in [0.25, 0.3) is 5.91 Å². The number of rotatable bonds is 5. The number of amides is 1. The quantitative estimate of drug-likeness (QED) is 0.694. The molecule has 1 saturated carbocycles. The molecule has 1 aromatic carbocycles. The van der Waals surface area contributed by atoms with Gasteiger partial charge in [0, 0.05) is 37.6 Å². The maximum absolute atomic E-state index is 13.3. The van der Waals surface area contributed by atoms with Crippen molar-refractivity contribution in [2.24, 2.45) is 0 Å². The third-order valence-corrected chi connectivity index (χ3v) is 7.66. The molecule has 1 aromatic heterocycles. The summed E-state index contributed by atoms with van der Waals surface area (Å²) in [6.07, 6.45) is 0.688. The normalized spacial score (nSPS) is 18.4. The average molecular weight is 453 g/mol. The van der Waals surface area contributed by atoms with Crippen LogP contribution in [0, 0.1) is 0 Å². The van der Waals surface area contributed by atoms with E-state index in [4.69, 9.17) is 0 Å². The zero-order valence-corrected chi connectivity index (χ0v) is 17.4. The van der Waals surface area contributed by atoms with Gasteiger partial charge in [0.1, 0.15) is 0 Å². The molecule has 2 aliphatic rings. The van der Waals surface area contributed by atoms with E-state index in [1.807, 2.05) is 0 Å². The Morgan fingerprint density at radius 2 is 1.71 bits per heavy atom. The minimum atomic E-state index is -4.62. The van der Waals surface area contributed by atoms with Crippen LogP contribution in [0.1, 0.15) is 41.6 Å². The fraction of sp³-hybridized carbons (Fsp3) is 0.429. The molecule has 2 fully saturated rings. The van der Waals surface area contributed by atoms with E-state index in [0.717, 1.165) is 12.1 Å². The van der Waals surface area contributed by atoms with Crippen molar-refractivity contribution >= 4 is 15.9 Å². The van der Waals surface area contributed by atoms with Gasteiger partial charge in [0.05, 0.1) is 16.0 Å². The summed E-state index contributed by atoms with van der Waals surface area (Å²) >= 11 is 0. The predicted molar refractivity (Wildman–Crippen MR) is 107 cm³/mol. The lowest BCUT2D eigenvalue weighted by Crippen LogP contribution is -2.49. The third-order valence-electron chi connectivity index (χ3n) is 5.66. The molecule has 0 bridgehead atoms. The van der Waals surface area contributed by atoms with Crippen LogP contribution in [0.3, 0.4) is 0 Å². The van der Waals surface area contributed by atoms with Crippen LogP contribution in [0.4, 0.5) is 13.2 Å². The van der Waals surface area contributed by atoms with Crippen molar-refractivity contribution in [3.8, 4) is 0 Å². The van der Waals surface area contributed by atoms with Crippen LogP contribution in [0.5, 0.6) is 0 Å². The van der Waals surface area contributed by atoms with Crippen LogP contribution in [-0.4, -0.2) is 53.7 Å². The highest BCUT2D eigenvalue weighted by Gasteiger charge is 2.44. The van der Waals surface area contributed by atoms with Crippen LogP contribution < -0.4 is 0 Å². The number of nitrogens with zero attached hydrogens (tertiary/aromatic N) is 3. The van der Waals surface area contributed by atoms with Crippen molar-refractivity contribution in [1.82, 2.24) is 14.2 Å². The topological polar surface area (TPSA) is 70.6 Å². The van der Waals surface area contributed by atoms with E-state index in [0.29, 0.717) is 50.4 Å². The Morgan fingerprint density at radius 1 is 1.03 bits per heavy atom. The average Bonchev–Trinajstić information content (AvgIpc) is 3.59. The summed E-state index contributed by atoms with van der Waals surface area (Å²) in [6, 6.07) is 6.69. The van der Waals surface area contributed by atoms with E-state index in [1.165, 1.54) is 16.6 Å². The van der Waals surface area contributed by atoms with Gasteiger partial charge in [0.2, 0.25) is 10.0 Å². The van der Waals surface area contributed by atoms with Crippen molar-refractivity contribution in [1.29, 1.82) is 0 Å². The van der Waals surface area contributed by atoms with Crippen LogP contribution in [-0.2, 0) is 16.2 Å². The maximum atomic E-state index is 13.3. The Kier molecular flexibility index (Phi) is 5.78. The molecule has 0 spiro atoms. The number of carbonyl (C=O) groups excluding carboxylic acids is 1. The number of sulfonamides is 1. The second kappa shape index (κ2) is 8.23. The largest absolute Gasteiger partial charge is 0.416 e. The second-order valence-electron chi connectivity index (χ2n) is 7.86. The third kappa shape index (κ3) is 4.59. The Bertz CT molecular complexity index is 1050. The van der Waals surface area contributed by atoms with Gasteiger partial charge in [-0.15, -0.1) is 0 Å². The summed E-state index contributed by atoms with van der Waals surface area (Å²) in [5.41, 5.74) is -0.516. The van der Waals surface area contributed by atoms with E-state index in [9.17, 15) is 26.4 Å². The van der Waals surface area contributed by atoms with E-state index >= 15 is 0 Å². The van der Waals surface area contributed by atoms with Crippen LogP contribution in [0.25, 0.3) is 0 Å². The molecule has 10 heteroatoms. The number of carbonyl (C=O) groups is 1. The number of alkyl halides is 3. The molecule has 2 aromatic rings. The van der Waals surface area contributed by atoms with Crippen molar-refractivity contribution in [3.05, 3.63) is 59.9 Å². The summed E-state index contributed by atoms with van der Waals surface area (Å²) in [5, 5.41) is 0. The summed E-state index contributed by atoms with van der Waals surface area (Å²) in [6.45, 7) is 0.749. The van der Waals surface area contributed by atoms with Crippen molar-refractivity contribution < 1.29 is 26.4 Å². The molecule has 4 rings (SSSR count). The minimum Gasteiger partial charge on any atom is -0.338 e. The van der Waals surface area contributed by atoms with Gasteiger partial charge in [-0.1, -0.05) is 6.07 Å². The van der Waals surface area contributed by atoms with Crippen LogP contribution >= 0.6 is 0 Å². The molecular weight excluding hydrogens is 431 g/mol. The molecule has 0 N–H and O–H groups in total. The van der Waals surface area contributed by atoms with E-state index in [1.54, 1.807) is 23.2 Å². The lowest BCUT2D eigenvalue weighted by Gasteiger charge is -2.38. The molecular formula is C21H22F3N3O3S. The highest BCUT2D eigenvalue weighted by molar-refractivity contribution is 7.89. The Balaban J connectivity index is 1.52. The first-order valence-corrected chi connectivity index (χ1v) is 11.5. The van der Waals surface area contributed by atoms with E-state index in [2.05, 4.69) is 4.98 Å². The summed E-state index contributed by atoms with van der Waals surface area (Å²) in [5.74, 6) is -0.162. The first-order valence-electron chi connectivity index (χ1n) is 10.1. The number of hydrogen-bond acceptors (Lipinski definition) is 4.